The van der Waals surface area contributed by atoms with Gasteiger partial charge >= 0.3 is 0 Å². The van der Waals surface area contributed by atoms with E-state index in [9.17, 15) is 4.79 Å². The molecule has 1 aliphatic carbocycles. The van der Waals surface area contributed by atoms with Crippen LogP contribution in [-0.4, -0.2) is 25.0 Å². The SMILES string of the molecule is CCCCCCCNCCC(=O)NC1CC1. The maximum Gasteiger partial charge on any atom is 0.221 e. The molecule has 0 aliphatic heterocycles. The van der Waals surface area contributed by atoms with Crippen molar-refractivity contribution in [2.75, 3.05) is 13.1 Å². The number of unbranched alkanes of at least 4 members (excludes halogenated alkanes) is 4. The molecule has 0 spiro atoms. The number of rotatable bonds is 10. The van der Waals surface area contributed by atoms with Crippen LogP contribution >= 0.6 is 0 Å². The van der Waals surface area contributed by atoms with E-state index in [4.69, 9.17) is 0 Å². The van der Waals surface area contributed by atoms with E-state index >= 15 is 0 Å². The number of carbonyl (C=O) groups is 1. The van der Waals surface area contributed by atoms with E-state index in [0.717, 1.165) is 13.1 Å². The second-order valence-electron chi connectivity index (χ2n) is 4.76. The second-order valence-corrected chi connectivity index (χ2v) is 4.76. The van der Waals surface area contributed by atoms with Gasteiger partial charge in [-0.15, -0.1) is 0 Å². The molecule has 0 aromatic heterocycles. The third kappa shape index (κ3) is 7.69. The Morgan fingerprint density at radius 3 is 2.56 bits per heavy atom. The van der Waals surface area contributed by atoms with Crippen molar-refractivity contribution < 1.29 is 4.79 Å². The van der Waals surface area contributed by atoms with Gasteiger partial charge < -0.3 is 10.6 Å². The number of carbonyl (C=O) groups excluding carboxylic acids is 1. The van der Waals surface area contributed by atoms with Crippen molar-refractivity contribution >= 4 is 5.91 Å². The summed E-state index contributed by atoms with van der Waals surface area (Å²) in [5.41, 5.74) is 0. The summed E-state index contributed by atoms with van der Waals surface area (Å²) < 4.78 is 0. The molecular weight excluding hydrogens is 200 g/mol. The number of amides is 1. The Morgan fingerprint density at radius 2 is 1.88 bits per heavy atom. The zero-order valence-electron chi connectivity index (χ0n) is 10.6. The van der Waals surface area contributed by atoms with E-state index in [1.54, 1.807) is 0 Å². The Kier molecular flexibility index (Phi) is 7.23. The van der Waals surface area contributed by atoms with E-state index < -0.39 is 0 Å². The Labute approximate surface area is 99.4 Å². The molecule has 3 heteroatoms. The first-order valence-electron chi connectivity index (χ1n) is 6.83. The van der Waals surface area contributed by atoms with Crippen molar-refractivity contribution in [1.29, 1.82) is 0 Å². The van der Waals surface area contributed by atoms with Gasteiger partial charge in [0.05, 0.1) is 0 Å². The summed E-state index contributed by atoms with van der Waals surface area (Å²) in [6.07, 6.45) is 9.54. The quantitative estimate of drug-likeness (QED) is 0.561. The van der Waals surface area contributed by atoms with Gasteiger partial charge in [-0.1, -0.05) is 32.6 Å². The van der Waals surface area contributed by atoms with Crippen molar-refractivity contribution in [2.24, 2.45) is 0 Å². The summed E-state index contributed by atoms with van der Waals surface area (Å²) in [6, 6.07) is 0.501. The zero-order valence-corrected chi connectivity index (χ0v) is 10.6. The molecule has 1 amide bonds. The van der Waals surface area contributed by atoms with Gasteiger partial charge in [0.15, 0.2) is 0 Å². The Balaban J connectivity index is 1.75. The van der Waals surface area contributed by atoms with Crippen LogP contribution in [0.3, 0.4) is 0 Å². The van der Waals surface area contributed by atoms with Gasteiger partial charge in [0.1, 0.15) is 0 Å². The monoisotopic (exact) mass is 226 g/mol. The van der Waals surface area contributed by atoms with Gasteiger partial charge in [0, 0.05) is 19.0 Å². The molecular formula is C13H26N2O. The predicted octanol–water partition coefficient (Wildman–Crippen LogP) is 2.22. The minimum Gasteiger partial charge on any atom is -0.353 e. The van der Waals surface area contributed by atoms with E-state index in [-0.39, 0.29) is 5.91 Å². The molecule has 94 valence electrons. The van der Waals surface area contributed by atoms with Crippen LogP contribution in [0.2, 0.25) is 0 Å². The first-order valence-corrected chi connectivity index (χ1v) is 6.83. The second kappa shape index (κ2) is 8.57. The van der Waals surface area contributed by atoms with Gasteiger partial charge in [-0.3, -0.25) is 4.79 Å². The standard InChI is InChI=1S/C13H26N2O/c1-2-3-4-5-6-10-14-11-9-13(16)15-12-7-8-12/h12,14H,2-11H2,1H3,(H,15,16). The molecule has 1 saturated carbocycles. The van der Waals surface area contributed by atoms with E-state index in [1.807, 2.05) is 0 Å². The highest BCUT2D eigenvalue weighted by atomic mass is 16.1. The molecule has 0 aromatic carbocycles. The number of hydrogen-bond donors (Lipinski definition) is 2. The molecule has 0 radical (unpaired) electrons. The van der Waals surface area contributed by atoms with Gasteiger partial charge in [-0.25, -0.2) is 0 Å². The first-order chi connectivity index (χ1) is 7.83. The predicted molar refractivity (Wildman–Crippen MR) is 67.4 cm³/mol. The Hall–Kier alpha value is -0.570. The molecule has 1 fully saturated rings. The van der Waals surface area contributed by atoms with Crippen LogP contribution in [0.4, 0.5) is 0 Å². The van der Waals surface area contributed by atoms with Crippen molar-refractivity contribution in [2.45, 2.75) is 64.3 Å². The molecule has 1 rings (SSSR count). The minimum atomic E-state index is 0.209. The third-order valence-corrected chi connectivity index (χ3v) is 2.93. The molecule has 16 heavy (non-hydrogen) atoms. The minimum absolute atomic E-state index is 0.209. The largest absolute Gasteiger partial charge is 0.353 e. The Bertz CT molecular complexity index is 190. The van der Waals surface area contributed by atoms with Crippen LogP contribution in [0.1, 0.15) is 58.3 Å². The van der Waals surface area contributed by atoms with Gasteiger partial charge in [-0.05, 0) is 25.8 Å². The zero-order chi connectivity index (χ0) is 11.6. The smallest absolute Gasteiger partial charge is 0.221 e. The van der Waals surface area contributed by atoms with Gasteiger partial charge in [-0.2, -0.15) is 0 Å². The normalized spacial score (nSPS) is 15.1. The average Bonchev–Trinajstić information content (AvgIpc) is 3.06. The molecule has 1 aliphatic rings. The van der Waals surface area contributed by atoms with Crippen LogP contribution in [0.15, 0.2) is 0 Å². The average molecular weight is 226 g/mol. The van der Waals surface area contributed by atoms with E-state index in [2.05, 4.69) is 17.6 Å². The highest BCUT2D eigenvalue weighted by molar-refractivity contribution is 5.76. The molecule has 0 heterocycles. The topological polar surface area (TPSA) is 41.1 Å². The molecule has 0 saturated heterocycles. The van der Waals surface area contributed by atoms with E-state index in [1.165, 1.54) is 44.9 Å². The highest BCUT2D eigenvalue weighted by Gasteiger charge is 2.22. The summed E-state index contributed by atoms with van der Waals surface area (Å²) in [4.78, 5) is 11.3. The van der Waals surface area contributed by atoms with Crippen LogP contribution in [0.25, 0.3) is 0 Å². The maximum atomic E-state index is 11.3. The van der Waals surface area contributed by atoms with Crippen LogP contribution in [0.5, 0.6) is 0 Å². The summed E-state index contributed by atoms with van der Waals surface area (Å²) in [5.74, 6) is 0.209. The fourth-order valence-corrected chi connectivity index (χ4v) is 1.71. The Morgan fingerprint density at radius 1 is 1.12 bits per heavy atom. The summed E-state index contributed by atoms with van der Waals surface area (Å²) in [7, 11) is 0. The molecule has 0 aromatic rings. The molecule has 3 nitrogen and oxygen atoms in total. The molecule has 2 N–H and O–H groups in total. The lowest BCUT2D eigenvalue weighted by atomic mass is 10.1. The van der Waals surface area contributed by atoms with Crippen molar-refractivity contribution in [3.8, 4) is 0 Å². The van der Waals surface area contributed by atoms with Gasteiger partial charge in [0.2, 0.25) is 5.91 Å². The molecule has 0 atom stereocenters. The van der Waals surface area contributed by atoms with Crippen LogP contribution in [0, 0.1) is 0 Å². The summed E-state index contributed by atoms with van der Waals surface area (Å²) >= 11 is 0. The summed E-state index contributed by atoms with van der Waals surface area (Å²) in [5, 5.41) is 6.32. The fourth-order valence-electron chi connectivity index (χ4n) is 1.71. The van der Waals surface area contributed by atoms with Crippen molar-refractivity contribution in [3.63, 3.8) is 0 Å². The van der Waals surface area contributed by atoms with Crippen molar-refractivity contribution in [1.82, 2.24) is 10.6 Å². The van der Waals surface area contributed by atoms with Crippen LogP contribution < -0.4 is 10.6 Å². The number of hydrogen-bond acceptors (Lipinski definition) is 2. The first kappa shape index (κ1) is 13.5. The highest BCUT2D eigenvalue weighted by Crippen LogP contribution is 2.18. The maximum absolute atomic E-state index is 11.3. The summed E-state index contributed by atoms with van der Waals surface area (Å²) in [6.45, 7) is 4.11. The lowest BCUT2D eigenvalue weighted by molar-refractivity contribution is -0.121. The fraction of sp³-hybridized carbons (Fsp3) is 0.923. The third-order valence-electron chi connectivity index (χ3n) is 2.93. The van der Waals surface area contributed by atoms with Gasteiger partial charge in [0.25, 0.3) is 0 Å². The van der Waals surface area contributed by atoms with Crippen LogP contribution in [-0.2, 0) is 4.79 Å². The number of nitrogens with one attached hydrogen (secondary N) is 2. The molecule has 0 unspecified atom stereocenters. The lowest BCUT2D eigenvalue weighted by Crippen LogP contribution is -2.29. The van der Waals surface area contributed by atoms with E-state index in [0.29, 0.717) is 12.5 Å². The molecule has 0 bridgehead atoms. The lowest BCUT2D eigenvalue weighted by Gasteiger charge is -2.05. The van der Waals surface area contributed by atoms with Crippen molar-refractivity contribution in [3.05, 3.63) is 0 Å².